The molecule has 0 atom stereocenters. The van der Waals surface area contributed by atoms with E-state index in [1.165, 1.54) is 5.56 Å². The van der Waals surface area contributed by atoms with Crippen LogP contribution in [-0.2, 0) is 10.1 Å². The fourth-order valence-electron chi connectivity index (χ4n) is 1.12. The number of hydrogen-bond acceptors (Lipinski definition) is 2. The normalized spacial score (nSPS) is 10.7. The minimum absolute atomic E-state index is 0.268. The summed E-state index contributed by atoms with van der Waals surface area (Å²) < 4.78 is 10.9. The van der Waals surface area contributed by atoms with Gasteiger partial charge < -0.3 is 9.47 Å². The van der Waals surface area contributed by atoms with Crippen molar-refractivity contribution < 1.29 is 9.47 Å². The summed E-state index contributed by atoms with van der Waals surface area (Å²) in [6, 6.07) is 8.05. The first-order valence-electron chi connectivity index (χ1n) is 5.11. The predicted octanol–water partition coefficient (Wildman–Crippen LogP) is 3.39. The van der Waals surface area contributed by atoms with Crippen molar-refractivity contribution in [2.45, 2.75) is 25.3 Å². The van der Waals surface area contributed by atoms with Crippen LogP contribution >= 0.6 is 15.9 Å². The highest BCUT2D eigenvalue weighted by atomic mass is 79.9. The Morgan fingerprint density at radius 2 is 1.80 bits per heavy atom. The van der Waals surface area contributed by atoms with E-state index >= 15 is 0 Å². The number of hydrogen-bond donors (Lipinski definition) is 0. The van der Waals surface area contributed by atoms with E-state index in [4.69, 9.17) is 9.47 Å². The lowest BCUT2D eigenvalue weighted by molar-refractivity contribution is 0.0552. The molecule has 1 aromatic carbocycles. The molecule has 0 spiro atoms. The van der Waals surface area contributed by atoms with Crippen molar-refractivity contribution in [2.75, 3.05) is 13.2 Å². The Morgan fingerprint density at radius 3 is 2.33 bits per heavy atom. The van der Waals surface area contributed by atoms with Crippen molar-refractivity contribution in [3.63, 3.8) is 0 Å². The lowest BCUT2D eigenvalue weighted by Gasteiger charge is -2.09. The molecule has 0 N–H and O–H groups in total. The molecule has 0 unspecified atom stereocenters. The second-order valence-corrected chi connectivity index (χ2v) is 4.11. The molecule has 0 aliphatic rings. The second-order valence-electron chi connectivity index (χ2n) is 3.55. The smallest absolute Gasteiger partial charge is 0.119 e. The Bertz CT molecular complexity index is 269. The Morgan fingerprint density at radius 1 is 1.13 bits per heavy atom. The zero-order valence-electron chi connectivity index (χ0n) is 9.20. The lowest BCUT2D eigenvalue weighted by Crippen LogP contribution is -2.11. The van der Waals surface area contributed by atoms with Crippen LogP contribution < -0.4 is 4.74 Å². The molecule has 0 aliphatic heterocycles. The molecule has 15 heavy (non-hydrogen) atoms. The summed E-state index contributed by atoms with van der Waals surface area (Å²) >= 11 is 3.40. The van der Waals surface area contributed by atoms with Gasteiger partial charge in [0.2, 0.25) is 0 Å². The van der Waals surface area contributed by atoms with Crippen molar-refractivity contribution in [3.8, 4) is 5.75 Å². The minimum Gasteiger partial charge on any atom is -0.491 e. The van der Waals surface area contributed by atoms with Gasteiger partial charge in [-0.1, -0.05) is 28.1 Å². The SMILES string of the molecule is CC(C)OCCOc1ccc(CBr)cc1. The van der Waals surface area contributed by atoms with E-state index in [2.05, 4.69) is 15.9 Å². The summed E-state index contributed by atoms with van der Waals surface area (Å²) in [6.45, 7) is 5.28. The van der Waals surface area contributed by atoms with Crippen molar-refractivity contribution >= 4 is 15.9 Å². The molecule has 0 aliphatic carbocycles. The summed E-state index contributed by atoms with van der Waals surface area (Å²) in [6.07, 6.45) is 0.268. The molecule has 0 bridgehead atoms. The highest BCUT2D eigenvalue weighted by Gasteiger charge is 1.96. The summed E-state index contributed by atoms with van der Waals surface area (Å²) in [4.78, 5) is 0. The van der Waals surface area contributed by atoms with Gasteiger partial charge in [0, 0.05) is 5.33 Å². The summed E-state index contributed by atoms with van der Waals surface area (Å²) in [5.74, 6) is 0.895. The summed E-state index contributed by atoms with van der Waals surface area (Å²) in [5.41, 5.74) is 1.25. The van der Waals surface area contributed by atoms with Crippen molar-refractivity contribution in [1.29, 1.82) is 0 Å². The molecule has 1 rings (SSSR count). The van der Waals surface area contributed by atoms with E-state index < -0.39 is 0 Å². The van der Waals surface area contributed by atoms with Gasteiger partial charge in [-0.25, -0.2) is 0 Å². The third-order valence-electron chi connectivity index (χ3n) is 1.88. The van der Waals surface area contributed by atoms with Crippen LogP contribution in [0.5, 0.6) is 5.75 Å². The molecule has 84 valence electrons. The van der Waals surface area contributed by atoms with E-state index in [1.54, 1.807) is 0 Å². The Hall–Kier alpha value is -0.540. The zero-order valence-corrected chi connectivity index (χ0v) is 10.8. The monoisotopic (exact) mass is 272 g/mol. The van der Waals surface area contributed by atoms with Crippen LogP contribution in [-0.4, -0.2) is 19.3 Å². The van der Waals surface area contributed by atoms with Crippen LogP contribution in [0.25, 0.3) is 0 Å². The zero-order chi connectivity index (χ0) is 11.1. The van der Waals surface area contributed by atoms with Crippen LogP contribution in [0.15, 0.2) is 24.3 Å². The largest absolute Gasteiger partial charge is 0.491 e. The van der Waals surface area contributed by atoms with E-state index in [9.17, 15) is 0 Å². The molecule has 0 saturated carbocycles. The van der Waals surface area contributed by atoms with Gasteiger partial charge in [0.25, 0.3) is 0 Å². The molecule has 0 amide bonds. The van der Waals surface area contributed by atoms with E-state index in [-0.39, 0.29) is 6.10 Å². The van der Waals surface area contributed by atoms with Gasteiger partial charge in [-0.2, -0.15) is 0 Å². The van der Waals surface area contributed by atoms with Crippen LogP contribution in [0.2, 0.25) is 0 Å². The van der Waals surface area contributed by atoms with Gasteiger partial charge in [-0.3, -0.25) is 0 Å². The maximum Gasteiger partial charge on any atom is 0.119 e. The van der Waals surface area contributed by atoms with Crippen molar-refractivity contribution in [1.82, 2.24) is 0 Å². The fourth-order valence-corrected chi connectivity index (χ4v) is 1.49. The number of benzene rings is 1. The molecule has 0 fully saturated rings. The van der Waals surface area contributed by atoms with Crippen LogP contribution in [0.4, 0.5) is 0 Å². The van der Waals surface area contributed by atoms with Crippen LogP contribution in [0, 0.1) is 0 Å². The quantitative estimate of drug-likeness (QED) is 0.584. The topological polar surface area (TPSA) is 18.5 Å². The number of halogens is 1. The Labute approximate surface area is 99.7 Å². The minimum atomic E-state index is 0.268. The second kappa shape index (κ2) is 6.85. The third kappa shape index (κ3) is 5.19. The maximum atomic E-state index is 5.52. The molecular formula is C12H17BrO2. The van der Waals surface area contributed by atoms with Gasteiger partial charge in [0.05, 0.1) is 12.7 Å². The molecular weight excluding hydrogens is 256 g/mol. The third-order valence-corrected chi connectivity index (χ3v) is 2.53. The average Bonchev–Trinajstić information content (AvgIpc) is 2.25. The highest BCUT2D eigenvalue weighted by molar-refractivity contribution is 9.08. The summed E-state index contributed by atoms with van der Waals surface area (Å²) in [7, 11) is 0. The van der Waals surface area contributed by atoms with Gasteiger partial charge in [-0.05, 0) is 31.5 Å². The van der Waals surface area contributed by atoms with Gasteiger partial charge >= 0.3 is 0 Å². The summed E-state index contributed by atoms with van der Waals surface area (Å²) in [5, 5.41) is 0.879. The van der Waals surface area contributed by atoms with Gasteiger partial charge in [-0.15, -0.1) is 0 Å². The Kier molecular flexibility index (Phi) is 5.73. The first kappa shape index (κ1) is 12.5. The molecule has 3 heteroatoms. The molecule has 0 saturated heterocycles. The van der Waals surface area contributed by atoms with Gasteiger partial charge in [0.1, 0.15) is 12.4 Å². The molecule has 1 aromatic rings. The standard InChI is InChI=1S/C12H17BrO2/c1-10(2)14-7-8-15-12-5-3-11(9-13)4-6-12/h3-6,10H,7-9H2,1-2H3. The van der Waals surface area contributed by atoms with Crippen LogP contribution in [0.3, 0.4) is 0 Å². The Balaban J connectivity index is 2.25. The maximum absolute atomic E-state index is 5.52. The predicted molar refractivity (Wildman–Crippen MR) is 65.7 cm³/mol. The molecule has 0 aromatic heterocycles. The molecule has 0 heterocycles. The van der Waals surface area contributed by atoms with E-state index in [1.807, 2.05) is 38.1 Å². The van der Waals surface area contributed by atoms with E-state index in [0.717, 1.165) is 11.1 Å². The lowest BCUT2D eigenvalue weighted by atomic mass is 10.2. The average molecular weight is 273 g/mol. The number of alkyl halides is 1. The van der Waals surface area contributed by atoms with Crippen molar-refractivity contribution in [3.05, 3.63) is 29.8 Å². The molecule has 2 nitrogen and oxygen atoms in total. The van der Waals surface area contributed by atoms with Crippen LogP contribution in [0.1, 0.15) is 19.4 Å². The number of ether oxygens (including phenoxy) is 2. The first-order valence-corrected chi connectivity index (χ1v) is 6.24. The molecule has 0 radical (unpaired) electrons. The van der Waals surface area contributed by atoms with Gasteiger partial charge in [0.15, 0.2) is 0 Å². The fraction of sp³-hybridized carbons (Fsp3) is 0.500. The first-order chi connectivity index (χ1) is 7.22. The number of rotatable bonds is 6. The van der Waals surface area contributed by atoms with E-state index in [0.29, 0.717) is 13.2 Å². The van der Waals surface area contributed by atoms with Crippen molar-refractivity contribution in [2.24, 2.45) is 0 Å². The highest BCUT2D eigenvalue weighted by Crippen LogP contribution is 2.13.